The first-order valence-corrected chi connectivity index (χ1v) is 11.3. The maximum Gasteiger partial charge on any atom is 0.517 e. The summed E-state index contributed by atoms with van der Waals surface area (Å²) in [4.78, 5) is 4.81. The highest BCUT2D eigenvalue weighted by Crippen LogP contribution is 2.37. The highest BCUT2D eigenvalue weighted by Gasteiger charge is 2.53. The Morgan fingerprint density at radius 1 is 1.03 bits per heavy atom. The van der Waals surface area contributed by atoms with Crippen LogP contribution in [0.3, 0.4) is 0 Å². The minimum absolute atomic E-state index is 0.0666. The molecule has 7 nitrogen and oxygen atoms in total. The summed E-state index contributed by atoms with van der Waals surface area (Å²) >= 11 is 0. The molecule has 30 heavy (non-hydrogen) atoms. The zero-order valence-electron chi connectivity index (χ0n) is 18.5. The molecule has 2 atom stereocenters. The summed E-state index contributed by atoms with van der Waals surface area (Å²) in [6.45, 7) is 10.6. The fraction of sp³-hybridized carbons (Fsp3) is 0.727. The van der Waals surface area contributed by atoms with Gasteiger partial charge in [0.1, 0.15) is 5.59 Å². The number of fused-ring (bicyclic) bond motifs is 1. The van der Waals surface area contributed by atoms with Crippen LogP contribution in [0.25, 0.3) is 10.9 Å². The van der Waals surface area contributed by atoms with Gasteiger partial charge in [0.25, 0.3) is 0 Å². The van der Waals surface area contributed by atoms with Gasteiger partial charge in [-0.05, 0) is 65.9 Å². The van der Waals surface area contributed by atoms with E-state index in [-0.39, 0.29) is 6.23 Å². The van der Waals surface area contributed by atoms with Gasteiger partial charge >= 0.3 is 7.12 Å². The molecule has 0 spiro atoms. The Bertz CT molecular complexity index is 900. The first-order chi connectivity index (χ1) is 14.4. The van der Waals surface area contributed by atoms with Crippen LogP contribution in [0.15, 0.2) is 12.3 Å². The summed E-state index contributed by atoms with van der Waals surface area (Å²) in [5.74, 6) is 0.323. The highest BCUT2D eigenvalue weighted by molar-refractivity contribution is 6.64. The van der Waals surface area contributed by atoms with E-state index >= 15 is 0 Å². The van der Waals surface area contributed by atoms with Gasteiger partial charge in [-0.1, -0.05) is 0 Å². The third kappa shape index (κ3) is 3.47. The van der Waals surface area contributed by atoms with Crippen molar-refractivity contribution < 1.29 is 18.8 Å². The molecule has 0 aromatic carbocycles. The molecular formula is C22H32BN3O4. The number of hydrogen-bond donors (Lipinski definition) is 0. The molecule has 0 aliphatic carbocycles. The van der Waals surface area contributed by atoms with Crippen LogP contribution >= 0.6 is 0 Å². The number of pyridine rings is 1. The van der Waals surface area contributed by atoms with Crippen LogP contribution in [0.1, 0.15) is 77.6 Å². The van der Waals surface area contributed by atoms with Crippen molar-refractivity contribution in [3.63, 3.8) is 0 Å². The lowest BCUT2D eigenvalue weighted by molar-refractivity contribution is -0.0365. The van der Waals surface area contributed by atoms with E-state index in [4.69, 9.17) is 28.9 Å². The van der Waals surface area contributed by atoms with Crippen LogP contribution in [-0.2, 0) is 18.8 Å². The van der Waals surface area contributed by atoms with Gasteiger partial charge in [0.2, 0.25) is 0 Å². The summed E-state index contributed by atoms with van der Waals surface area (Å²) in [7, 11) is -0.514. The third-order valence-corrected chi connectivity index (χ3v) is 7.13. The van der Waals surface area contributed by atoms with Gasteiger partial charge in [0, 0.05) is 30.2 Å². The maximum atomic E-state index is 6.36. The molecule has 2 aromatic heterocycles. The van der Waals surface area contributed by atoms with Crippen molar-refractivity contribution in [2.75, 3.05) is 19.8 Å². The fourth-order valence-corrected chi connectivity index (χ4v) is 4.54. The Labute approximate surface area is 178 Å². The minimum Gasteiger partial charge on any atom is -0.398 e. The Morgan fingerprint density at radius 3 is 2.50 bits per heavy atom. The minimum atomic E-state index is -0.514. The van der Waals surface area contributed by atoms with Crippen LogP contribution in [0.4, 0.5) is 0 Å². The lowest BCUT2D eigenvalue weighted by atomic mass is 9.82. The van der Waals surface area contributed by atoms with E-state index in [0.29, 0.717) is 5.92 Å². The number of nitrogens with zero attached hydrogens (tertiary/aromatic N) is 3. The molecule has 0 radical (unpaired) electrons. The van der Waals surface area contributed by atoms with E-state index in [0.717, 1.165) is 74.1 Å². The number of ether oxygens (including phenoxy) is 2. The van der Waals surface area contributed by atoms with Gasteiger partial charge in [0.15, 0.2) is 6.23 Å². The van der Waals surface area contributed by atoms with Crippen molar-refractivity contribution in [2.45, 2.75) is 83.1 Å². The topological polar surface area (TPSA) is 67.6 Å². The van der Waals surface area contributed by atoms with Crippen LogP contribution in [0.2, 0.25) is 0 Å². The van der Waals surface area contributed by atoms with Gasteiger partial charge in [-0.15, -0.1) is 0 Å². The van der Waals surface area contributed by atoms with E-state index in [1.54, 1.807) is 0 Å². The number of hydrogen-bond acceptors (Lipinski definition) is 6. The number of rotatable bonds is 3. The summed E-state index contributed by atoms with van der Waals surface area (Å²) in [5.41, 5.74) is 2.03. The summed E-state index contributed by atoms with van der Waals surface area (Å²) in [6.07, 6.45) is 7.25. The molecule has 3 fully saturated rings. The van der Waals surface area contributed by atoms with Gasteiger partial charge in [-0.3, -0.25) is 4.98 Å². The van der Waals surface area contributed by atoms with E-state index < -0.39 is 18.3 Å². The molecule has 3 aliphatic rings. The van der Waals surface area contributed by atoms with Crippen LogP contribution in [-0.4, -0.2) is 52.9 Å². The zero-order chi connectivity index (χ0) is 20.9. The van der Waals surface area contributed by atoms with Crippen molar-refractivity contribution in [3.05, 3.63) is 18.0 Å². The van der Waals surface area contributed by atoms with Crippen molar-refractivity contribution >= 4 is 23.6 Å². The van der Waals surface area contributed by atoms with E-state index in [2.05, 4.69) is 33.8 Å². The van der Waals surface area contributed by atoms with Gasteiger partial charge in [0.05, 0.1) is 29.5 Å². The monoisotopic (exact) mass is 413 g/mol. The Balaban J connectivity index is 1.58. The molecular weight excluding hydrogens is 381 g/mol. The molecule has 5 heterocycles. The zero-order valence-corrected chi connectivity index (χ0v) is 18.5. The van der Waals surface area contributed by atoms with Crippen molar-refractivity contribution in [1.82, 2.24) is 14.8 Å². The molecule has 0 bridgehead atoms. The Kier molecular flexibility index (Phi) is 5.17. The fourth-order valence-electron chi connectivity index (χ4n) is 4.54. The van der Waals surface area contributed by atoms with Gasteiger partial charge < -0.3 is 18.8 Å². The molecule has 8 heteroatoms. The second-order valence-corrected chi connectivity index (χ2v) is 9.78. The van der Waals surface area contributed by atoms with Crippen LogP contribution in [0.5, 0.6) is 0 Å². The van der Waals surface area contributed by atoms with Crippen LogP contribution < -0.4 is 5.59 Å². The lowest BCUT2D eigenvalue weighted by Crippen LogP contribution is -2.41. The highest BCUT2D eigenvalue weighted by atomic mass is 16.7. The largest absolute Gasteiger partial charge is 0.517 e. The summed E-state index contributed by atoms with van der Waals surface area (Å²) < 4.78 is 26.5. The average molecular weight is 413 g/mol. The predicted molar refractivity (Wildman–Crippen MR) is 115 cm³/mol. The van der Waals surface area contributed by atoms with Crippen molar-refractivity contribution in [2.24, 2.45) is 0 Å². The SMILES string of the molecule is CC1(C)OB(c2nn(C3CCCCO3)c3cnc(C4CCCOC4)cc23)OC1(C)C. The van der Waals surface area contributed by atoms with E-state index in [9.17, 15) is 0 Å². The normalized spacial score (nSPS) is 28.9. The molecule has 5 rings (SSSR count). The van der Waals surface area contributed by atoms with E-state index in [1.165, 1.54) is 0 Å². The van der Waals surface area contributed by atoms with Crippen LogP contribution in [0, 0.1) is 0 Å². The Hall–Kier alpha value is -1.48. The summed E-state index contributed by atoms with van der Waals surface area (Å²) in [5, 5.41) is 6.02. The quantitative estimate of drug-likeness (QED) is 0.720. The second-order valence-electron chi connectivity index (χ2n) is 9.78. The molecule has 2 unspecified atom stereocenters. The average Bonchev–Trinajstić information content (AvgIpc) is 3.22. The molecule has 3 aliphatic heterocycles. The second kappa shape index (κ2) is 7.59. The lowest BCUT2D eigenvalue weighted by Gasteiger charge is -2.32. The van der Waals surface area contributed by atoms with Crippen molar-refractivity contribution in [3.8, 4) is 0 Å². The molecule has 3 saturated heterocycles. The van der Waals surface area contributed by atoms with E-state index in [1.807, 2.05) is 10.9 Å². The molecule has 162 valence electrons. The predicted octanol–water partition coefficient (Wildman–Crippen LogP) is 3.32. The standard InChI is InChI=1S/C22H32BN3O4/c1-21(2)22(3,4)30-23(29-21)20-16-12-17(15-8-7-10-27-14-15)24-13-18(16)26(25-20)19-9-5-6-11-28-19/h12-13,15,19H,5-11,14H2,1-4H3. The first-order valence-electron chi connectivity index (χ1n) is 11.3. The third-order valence-electron chi connectivity index (χ3n) is 7.13. The smallest absolute Gasteiger partial charge is 0.398 e. The van der Waals surface area contributed by atoms with Gasteiger partial charge in [-0.25, -0.2) is 4.68 Å². The molecule has 0 N–H and O–H groups in total. The Morgan fingerprint density at radius 2 is 1.83 bits per heavy atom. The molecule has 2 aromatic rings. The maximum absolute atomic E-state index is 6.36. The molecule has 0 amide bonds. The summed E-state index contributed by atoms with van der Waals surface area (Å²) in [6, 6.07) is 2.17. The van der Waals surface area contributed by atoms with Gasteiger partial charge in [-0.2, -0.15) is 5.10 Å². The first kappa shape index (κ1) is 20.4. The molecule has 0 saturated carbocycles. The van der Waals surface area contributed by atoms with Crippen molar-refractivity contribution in [1.29, 1.82) is 0 Å². The number of aromatic nitrogens is 3.